The predicted octanol–water partition coefficient (Wildman–Crippen LogP) is 2.65. The topological polar surface area (TPSA) is 40.5 Å². The van der Waals surface area contributed by atoms with Crippen LogP contribution in [0.5, 0.6) is 0 Å². The summed E-state index contributed by atoms with van der Waals surface area (Å²) in [6, 6.07) is 8.38. The van der Waals surface area contributed by atoms with Crippen molar-refractivity contribution >= 4 is 5.91 Å². The molecule has 0 spiro atoms. The van der Waals surface area contributed by atoms with E-state index in [9.17, 15) is 9.90 Å². The van der Waals surface area contributed by atoms with Gasteiger partial charge in [-0.05, 0) is 37.7 Å². The highest BCUT2D eigenvalue weighted by Crippen LogP contribution is 2.46. The van der Waals surface area contributed by atoms with E-state index in [1.165, 1.54) is 5.56 Å². The van der Waals surface area contributed by atoms with Gasteiger partial charge in [-0.2, -0.15) is 0 Å². The number of benzene rings is 1. The van der Waals surface area contributed by atoms with Crippen molar-refractivity contribution < 1.29 is 9.90 Å². The molecule has 21 heavy (non-hydrogen) atoms. The summed E-state index contributed by atoms with van der Waals surface area (Å²) in [5.74, 6) is 0.635. The van der Waals surface area contributed by atoms with Crippen LogP contribution in [0.3, 0.4) is 0 Å². The number of likely N-dealkylation sites (tertiary alicyclic amines) is 1. The lowest BCUT2D eigenvalue weighted by Gasteiger charge is -2.44. The second-order valence-electron chi connectivity index (χ2n) is 6.82. The Morgan fingerprint density at radius 3 is 2.76 bits per heavy atom. The Kier molecular flexibility index (Phi) is 3.78. The van der Waals surface area contributed by atoms with Gasteiger partial charge < -0.3 is 10.0 Å². The van der Waals surface area contributed by atoms with Gasteiger partial charge in [0.25, 0.3) is 0 Å². The molecule has 2 fully saturated rings. The highest BCUT2D eigenvalue weighted by molar-refractivity contribution is 5.90. The van der Waals surface area contributed by atoms with Crippen LogP contribution in [-0.4, -0.2) is 35.1 Å². The van der Waals surface area contributed by atoms with Crippen molar-refractivity contribution in [1.82, 2.24) is 4.90 Å². The van der Waals surface area contributed by atoms with Crippen molar-refractivity contribution in [1.29, 1.82) is 0 Å². The molecule has 2 atom stereocenters. The number of amides is 1. The molecule has 2 aliphatic rings. The summed E-state index contributed by atoms with van der Waals surface area (Å²) in [7, 11) is 0. The van der Waals surface area contributed by atoms with E-state index in [4.69, 9.17) is 0 Å². The first-order chi connectivity index (χ1) is 10.1. The van der Waals surface area contributed by atoms with Crippen molar-refractivity contribution in [2.75, 3.05) is 13.2 Å². The molecule has 1 aromatic carbocycles. The van der Waals surface area contributed by atoms with Gasteiger partial charge in [0.05, 0.1) is 18.1 Å². The largest absolute Gasteiger partial charge is 0.394 e. The molecule has 1 aliphatic heterocycles. The molecule has 1 aromatic rings. The summed E-state index contributed by atoms with van der Waals surface area (Å²) in [4.78, 5) is 15.1. The minimum Gasteiger partial charge on any atom is -0.394 e. The van der Waals surface area contributed by atoms with Crippen LogP contribution in [-0.2, 0) is 10.2 Å². The van der Waals surface area contributed by atoms with E-state index in [1.807, 2.05) is 11.0 Å². The third-order valence-electron chi connectivity index (χ3n) is 5.52. The second kappa shape index (κ2) is 5.45. The molecule has 3 heteroatoms. The Morgan fingerprint density at radius 1 is 1.43 bits per heavy atom. The molecule has 1 N–H and O–H groups in total. The first-order valence-electron chi connectivity index (χ1n) is 8.07. The molecule has 3 rings (SSSR count). The fourth-order valence-corrected chi connectivity index (χ4v) is 3.91. The van der Waals surface area contributed by atoms with Gasteiger partial charge in [0, 0.05) is 6.54 Å². The minimum atomic E-state index is -0.330. The normalized spacial score (nSPS) is 27.5. The van der Waals surface area contributed by atoms with Gasteiger partial charge in [0.2, 0.25) is 5.91 Å². The highest BCUT2D eigenvalue weighted by atomic mass is 16.3. The molecular formula is C18H25NO2. The average Bonchev–Trinajstić information content (AvgIpc) is 2.78. The summed E-state index contributed by atoms with van der Waals surface area (Å²) in [6.07, 6.45) is 4.00. The first-order valence-corrected chi connectivity index (χ1v) is 8.07. The molecular weight excluding hydrogens is 262 g/mol. The quantitative estimate of drug-likeness (QED) is 0.928. The average molecular weight is 287 g/mol. The molecule has 0 aromatic heterocycles. The minimum absolute atomic E-state index is 0.000200. The standard InChI is InChI=1S/C18H25NO2/c1-13-5-3-6-15(11-13)18(8-4-9-18)17(21)19-10-7-14(2)16(19)12-20/h3,5-6,11,14,16,20H,4,7-10,12H2,1-2H3. The number of aliphatic hydroxyl groups is 1. The number of aryl methyl sites for hydroxylation is 1. The van der Waals surface area contributed by atoms with Gasteiger partial charge in [-0.3, -0.25) is 4.79 Å². The van der Waals surface area contributed by atoms with E-state index in [0.717, 1.165) is 37.8 Å². The van der Waals surface area contributed by atoms with E-state index in [-0.39, 0.29) is 24.0 Å². The molecule has 1 amide bonds. The number of rotatable bonds is 3. The fourth-order valence-electron chi connectivity index (χ4n) is 3.91. The van der Waals surface area contributed by atoms with E-state index in [0.29, 0.717) is 5.92 Å². The number of aliphatic hydroxyl groups excluding tert-OH is 1. The number of carbonyl (C=O) groups is 1. The van der Waals surface area contributed by atoms with Crippen LogP contribution < -0.4 is 0 Å². The smallest absolute Gasteiger partial charge is 0.233 e. The first kappa shape index (κ1) is 14.6. The van der Waals surface area contributed by atoms with Crippen molar-refractivity contribution in [3.8, 4) is 0 Å². The van der Waals surface area contributed by atoms with Gasteiger partial charge in [-0.15, -0.1) is 0 Å². The fraction of sp³-hybridized carbons (Fsp3) is 0.611. The Morgan fingerprint density at radius 2 is 2.19 bits per heavy atom. The molecule has 114 valence electrons. The number of hydrogen-bond acceptors (Lipinski definition) is 2. The van der Waals surface area contributed by atoms with Gasteiger partial charge >= 0.3 is 0 Å². The maximum Gasteiger partial charge on any atom is 0.233 e. The van der Waals surface area contributed by atoms with Crippen LogP contribution in [0.2, 0.25) is 0 Å². The van der Waals surface area contributed by atoms with Crippen LogP contribution in [0, 0.1) is 12.8 Å². The third kappa shape index (κ3) is 2.28. The van der Waals surface area contributed by atoms with Gasteiger partial charge in [-0.25, -0.2) is 0 Å². The van der Waals surface area contributed by atoms with Crippen LogP contribution in [0.1, 0.15) is 43.7 Å². The molecule has 0 bridgehead atoms. The lowest BCUT2D eigenvalue weighted by atomic mass is 9.63. The van der Waals surface area contributed by atoms with Gasteiger partial charge in [0.1, 0.15) is 0 Å². The summed E-state index contributed by atoms with van der Waals surface area (Å²) < 4.78 is 0. The van der Waals surface area contributed by atoms with Crippen LogP contribution in [0.25, 0.3) is 0 Å². The molecule has 2 unspecified atom stereocenters. The zero-order valence-electron chi connectivity index (χ0n) is 13.0. The Balaban J connectivity index is 1.91. The molecule has 1 saturated carbocycles. The molecule has 3 nitrogen and oxygen atoms in total. The SMILES string of the molecule is Cc1cccc(C2(C(=O)N3CCC(C)C3CO)CCC2)c1. The summed E-state index contributed by atoms with van der Waals surface area (Å²) in [5.41, 5.74) is 2.04. The molecule has 1 saturated heterocycles. The summed E-state index contributed by atoms with van der Waals surface area (Å²) in [5, 5.41) is 9.63. The molecule has 0 radical (unpaired) electrons. The van der Waals surface area contributed by atoms with E-state index < -0.39 is 0 Å². The zero-order chi connectivity index (χ0) is 15.0. The van der Waals surface area contributed by atoms with Gasteiger partial charge in [0.15, 0.2) is 0 Å². The third-order valence-corrected chi connectivity index (χ3v) is 5.52. The van der Waals surface area contributed by atoms with E-state index in [2.05, 4.69) is 32.0 Å². The Bertz CT molecular complexity index is 536. The van der Waals surface area contributed by atoms with Crippen LogP contribution >= 0.6 is 0 Å². The van der Waals surface area contributed by atoms with E-state index in [1.54, 1.807) is 0 Å². The molecule has 1 heterocycles. The predicted molar refractivity (Wildman–Crippen MR) is 83.1 cm³/mol. The maximum absolute atomic E-state index is 13.2. The lowest BCUT2D eigenvalue weighted by molar-refractivity contribution is -0.143. The van der Waals surface area contributed by atoms with Crippen LogP contribution in [0.4, 0.5) is 0 Å². The van der Waals surface area contributed by atoms with Crippen LogP contribution in [0.15, 0.2) is 24.3 Å². The Hall–Kier alpha value is -1.35. The lowest BCUT2D eigenvalue weighted by Crippen LogP contribution is -2.53. The zero-order valence-corrected chi connectivity index (χ0v) is 13.0. The maximum atomic E-state index is 13.2. The highest BCUT2D eigenvalue weighted by Gasteiger charge is 2.50. The van der Waals surface area contributed by atoms with E-state index >= 15 is 0 Å². The number of carbonyl (C=O) groups excluding carboxylic acids is 1. The monoisotopic (exact) mass is 287 g/mol. The number of nitrogens with zero attached hydrogens (tertiary/aromatic N) is 1. The van der Waals surface area contributed by atoms with Crippen molar-refractivity contribution in [2.24, 2.45) is 5.92 Å². The Labute approximate surface area is 127 Å². The molecule has 1 aliphatic carbocycles. The summed E-state index contributed by atoms with van der Waals surface area (Å²) >= 11 is 0. The summed E-state index contributed by atoms with van der Waals surface area (Å²) in [6.45, 7) is 5.08. The number of hydrogen-bond donors (Lipinski definition) is 1. The van der Waals surface area contributed by atoms with Gasteiger partial charge in [-0.1, -0.05) is 43.2 Å². The van der Waals surface area contributed by atoms with Crippen molar-refractivity contribution in [3.05, 3.63) is 35.4 Å². The van der Waals surface area contributed by atoms with Crippen molar-refractivity contribution in [2.45, 2.75) is 51.0 Å². The van der Waals surface area contributed by atoms with Crippen molar-refractivity contribution in [3.63, 3.8) is 0 Å². The second-order valence-corrected chi connectivity index (χ2v) is 6.82.